The van der Waals surface area contributed by atoms with Gasteiger partial charge in [0.05, 0.1) is 5.56 Å². The van der Waals surface area contributed by atoms with Crippen molar-refractivity contribution in [1.82, 2.24) is 5.32 Å². The standard InChI is InChI=1S/C16H14F3NO/c17-16(18,19)14-4-1-11(2-5-14)12-3-6-15-13(9-12)10-20-7-8-21-15/h1-6,9,20H,7-8,10H2. The fourth-order valence-corrected chi connectivity index (χ4v) is 2.35. The van der Waals surface area contributed by atoms with Crippen molar-refractivity contribution >= 4 is 0 Å². The minimum Gasteiger partial charge on any atom is -0.492 e. The van der Waals surface area contributed by atoms with Crippen LogP contribution in [-0.4, -0.2) is 13.2 Å². The smallest absolute Gasteiger partial charge is 0.416 e. The van der Waals surface area contributed by atoms with Gasteiger partial charge in [0.2, 0.25) is 0 Å². The number of fused-ring (bicyclic) bond motifs is 1. The van der Waals surface area contributed by atoms with Crippen LogP contribution in [0.4, 0.5) is 13.2 Å². The van der Waals surface area contributed by atoms with E-state index in [1.54, 1.807) is 0 Å². The first kappa shape index (κ1) is 13.9. The monoisotopic (exact) mass is 293 g/mol. The number of benzene rings is 2. The summed E-state index contributed by atoms with van der Waals surface area (Å²) >= 11 is 0. The summed E-state index contributed by atoms with van der Waals surface area (Å²) in [5.41, 5.74) is 2.03. The molecule has 3 rings (SSSR count). The predicted octanol–water partition coefficient (Wildman–Crippen LogP) is 3.85. The Balaban J connectivity index is 1.92. The van der Waals surface area contributed by atoms with Crippen molar-refractivity contribution in [3.63, 3.8) is 0 Å². The van der Waals surface area contributed by atoms with Gasteiger partial charge in [0.25, 0.3) is 0 Å². The summed E-state index contributed by atoms with van der Waals surface area (Å²) in [5.74, 6) is 0.829. The first-order valence-corrected chi connectivity index (χ1v) is 6.68. The summed E-state index contributed by atoms with van der Waals surface area (Å²) in [6.07, 6.45) is -4.30. The van der Waals surface area contributed by atoms with Gasteiger partial charge in [0, 0.05) is 18.7 Å². The van der Waals surface area contributed by atoms with E-state index >= 15 is 0 Å². The van der Waals surface area contributed by atoms with E-state index in [1.807, 2.05) is 18.2 Å². The van der Waals surface area contributed by atoms with E-state index in [-0.39, 0.29) is 0 Å². The Kier molecular flexibility index (Phi) is 3.59. The minimum atomic E-state index is -4.30. The second-order valence-electron chi connectivity index (χ2n) is 4.92. The van der Waals surface area contributed by atoms with Crippen LogP contribution >= 0.6 is 0 Å². The predicted molar refractivity (Wildman–Crippen MR) is 74.1 cm³/mol. The van der Waals surface area contributed by atoms with E-state index in [2.05, 4.69) is 5.32 Å². The third-order valence-corrected chi connectivity index (χ3v) is 3.46. The lowest BCUT2D eigenvalue weighted by atomic mass is 10.0. The summed E-state index contributed by atoms with van der Waals surface area (Å²) in [6, 6.07) is 10.9. The summed E-state index contributed by atoms with van der Waals surface area (Å²) in [4.78, 5) is 0. The molecule has 1 aliphatic rings. The van der Waals surface area contributed by atoms with Gasteiger partial charge in [-0.15, -0.1) is 0 Å². The average molecular weight is 293 g/mol. The quantitative estimate of drug-likeness (QED) is 0.862. The summed E-state index contributed by atoms with van der Waals surface area (Å²) in [7, 11) is 0. The van der Waals surface area contributed by atoms with E-state index in [0.717, 1.165) is 41.1 Å². The number of alkyl halides is 3. The number of hydrogen-bond donors (Lipinski definition) is 1. The van der Waals surface area contributed by atoms with Crippen LogP contribution in [-0.2, 0) is 12.7 Å². The molecule has 0 spiro atoms. The molecule has 2 aromatic rings. The molecule has 1 heterocycles. The zero-order chi connectivity index (χ0) is 14.9. The van der Waals surface area contributed by atoms with Gasteiger partial charge < -0.3 is 10.1 Å². The summed E-state index contributed by atoms with van der Waals surface area (Å²) in [5, 5.41) is 3.24. The lowest BCUT2D eigenvalue weighted by Crippen LogP contribution is -2.16. The maximum Gasteiger partial charge on any atom is 0.416 e. The normalized spacial score (nSPS) is 15.0. The molecule has 0 bridgehead atoms. The Morgan fingerprint density at radius 3 is 2.38 bits per heavy atom. The molecule has 1 N–H and O–H groups in total. The van der Waals surface area contributed by atoms with E-state index < -0.39 is 11.7 Å². The van der Waals surface area contributed by atoms with E-state index in [9.17, 15) is 13.2 Å². The highest BCUT2D eigenvalue weighted by Gasteiger charge is 2.29. The Labute approximate surface area is 120 Å². The van der Waals surface area contributed by atoms with Crippen LogP contribution < -0.4 is 10.1 Å². The zero-order valence-corrected chi connectivity index (χ0v) is 11.2. The van der Waals surface area contributed by atoms with Gasteiger partial charge in [-0.25, -0.2) is 0 Å². The molecule has 2 aromatic carbocycles. The molecule has 0 amide bonds. The molecule has 1 aliphatic heterocycles. The Hall–Kier alpha value is -2.01. The fourth-order valence-electron chi connectivity index (χ4n) is 2.35. The molecule has 2 nitrogen and oxygen atoms in total. The zero-order valence-electron chi connectivity index (χ0n) is 11.2. The molecule has 0 saturated carbocycles. The van der Waals surface area contributed by atoms with Gasteiger partial charge in [-0.3, -0.25) is 0 Å². The van der Waals surface area contributed by atoms with Crippen LogP contribution in [0.15, 0.2) is 42.5 Å². The maximum atomic E-state index is 12.6. The lowest BCUT2D eigenvalue weighted by Gasteiger charge is -2.10. The molecule has 0 aliphatic carbocycles. The van der Waals surface area contributed by atoms with Crippen LogP contribution in [0.5, 0.6) is 5.75 Å². The maximum absolute atomic E-state index is 12.6. The highest BCUT2D eigenvalue weighted by molar-refractivity contribution is 5.66. The third-order valence-electron chi connectivity index (χ3n) is 3.46. The topological polar surface area (TPSA) is 21.3 Å². The average Bonchev–Trinajstić information content (AvgIpc) is 2.71. The van der Waals surface area contributed by atoms with Crippen LogP contribution in [0, 0.1) is 0 Å². The third kappa shape index (κ3) is 3.03. The number of halogens is 3. The van der Waals surface area contributed by atoms with Crippen molar-refractivity contribution in [1.29, 1.82) is 0 Å². The minimum absolute atomic E-state index is 0.618. The highest BCUT2D eigenvalue weighted by atomic mass is 19.4. The van der Waals surface area contributed by atoms with Crippen molar-refractivity contribution in [2.24, 2.45) is 0 Å². The molecule has 110 valence electrons. The Morgan fingerprint density at radius 2 is 1.67 bits per heavy atom. The van der Waals surface area contributed by atoms with Crippen molar-refractivity contribution in [3.05, 3.63) is 53.6 Å². The van der Waals surface area contributed by atoms with Crippen molar-refractivity contribution in [3.8, 4) is 16.9 Å². The van der Waals surface area contributed by atoms with Gasteiger partial charge >= 0.3 is 6.18 Å². The second-order valence-corrected chi connectivity index (χ2v) is 4.92. The van der Waals surface area contributed by atoms with Gasteiger partial charge in [-0.05, 0) is 35.4 Å². The summed E-state index contributed by atoms with van der Waals surface area (Å²) < 4.78 is 43.3. The van der Waals surface area contributed by atoms with Gasteiger partial charge in [-0.1, -0.05) is 18.2 Å². The van der Waals surface area contributed by atoms with Crippen LogP contribution in [0.25, 0.3) is 11.1 Å². The van der Waals surface area contributed by atoms with Gasteiger partial charge in [-0.2, -0.15) is 13.2 Å². The van der Waals surface area contributed by atoms with Gasteiger partial charge in [0.15, 0.2) is 0 Å². The van der Waals surface area contributed by atoms with Crippen molar-refractivity contribution < 1.29 is 17.9 Å². The van der Waals surface area contributed by atoms with Crippen LogP contribution in [0.3, 0.4) is 0 Å². The largest absolute Gasteiger partial charge is 0.492 e. The highest BCUT2D eigenvalue weighted by Crippen LogP contribution is 2.32. The molecule has 0 saturated heterocycles. The van der Waals surface area contributed by atoms with Crippen LogP contribution in [0.2, 0.25) is 0 Å². The SMILES string of the molecule is FC(F)(F)c1ccc(-c2ccc3c(c2)CNCCO3)cc1. The molecule has 0 atom stereocenters. The molecule has 21 heavy (non-hydrogen) atoms. The number of nitrogens with one attached hydrogen (secondary N) is 1. The van der Waals surface area contributed by atoms with Crippen molar-refractivity contribution in [2.75, 3.05) is 13.2 Å². The van der Waals surface area contributed by atoms with Gasteiger partial charge in [0.1, 0.15) is 12.4 Å². The van der Waals surface area contributed by atoms with E-state index in [4.69, 9.17) is 4.74 Å². The number of rotatable bonds is 1. The molecule has 0 aromatic heterocycles. The van der Waals surface area contributed by atoms with Crippen LogP contribution in [0.1, 0.15) is 11.1 Å². The Morgan fingerprint density at radius 1 is 0.952 bits per heavy atom. The number of hydrogen-bond acceptors (Lipinski definition) is 2. The molecule has 0 unspecified atom stereocenters. The molecular formula is C16H14F3NO. The summed E-state index contributed by atoms with van der Waals surface area (Å²) in [6.45, 7) is 2.10. The first-order chi connectivity index (χ1) is 10.0. The van der Waals surface area contributed by atoms with Crippen molar-refractivity contribution in [2.45, 2.75) is 12.7 Å². The first-order valence-electron chi connectivity index (χ1n) is 6.68. The fraction of sp³-hybridized carbons (Fsp3) is 0.250. The van der Waals surface area contributed by atoms with E-state index in [1.165, 1.54) is 12.1 Å². The molecular weight excluding hydrogens is 279 g/mol. The second kappa shape index (κ2) is 5.41. The molecule has 0 radical (unpaired) electrons. The molecule has 5 heteroatoms. The number of ether oxygens (including phenoxy) is 1. The lowest BCUT2D eigenvalue weighted by molar-refractivity contribution is -0.137. The van der Waals surface area contributed by atoms with E-state index in [0.29, 0.717) is 13.2 Å². The molecule has 0 fully saturated rings. The Bertz CT molecular complexity index is 635.